The summed E-state index contributed by atoms with van der Waals surface area (Å²) in [5.41, 5.74) is 3.99. The molecule has 0 bridgehead atoms. The average molecular weight is 659 g/mol. The van der Waals surface area contributed by atoms with Crippen molar-refractivity contribution in [3.63, 3.8) is 0 Å². The van der Waals surface area contributed by atoms with Crippen LogP contribution in [0.1, 0.15) is 146 Å². The molecule has 6 heteroatoms. The van der Waals surface area contributed by atoms with Crippen molar-refractivity contribution < 1.29 is 19.3 Å². The van der Waals surface area contributed by atoms with Crippen LogP contribution in [0.4, 0.5) is 0 Å². The van der Waals surface area contributed by atoms with Crippen molar-refractivity contribution in [1.82, 2.24) is 0 Å². The van der Waals surface area contributed by atoms with Gasteiger partial charge in [0.2, 0.25) is 0 Å². The summed E-state index contributed by atoms with van der Waals surface area (Å²) in [5.74, 6) is 0.963. The molecule has 4 nitrogen and oxygen atoms in total. The fraction of sp³-hybridized carbons (Fsp3) is 0.692. The van der Waals surface area contributed by atoms with Crippen LogP contribution in [-0.4, -0.2) is 34.3 Å². The van der Waals surface area contributed by atoms with Crippen molar-refractivity contribution in [2.45, 2.75) is 171 Å². The molecule has 0 aliphatic carbocycles. The second-order valence-electron chi connectivity index (χ2n) is 17.8. The van der Waals surface area contributed by atoms with Crippen molar-refractivity contribution in [3.8, 4) is 11.5 Å². The van der Waals surface area contributed by atoms with Gasteiger partial charge in [-0.15, -0.1) is 23.5 Å². The molecular formula is C39H62O4S2. The first-order valence-electron chi connectivity index (χ1n) is 16.6. The Morgan fingerprint density at radius 2 is 1.11 bits per heavy atom. The van der Waals surface area contributed by atoms with Crippen molar-refractivity contribution in [2.24, 2.45) is 0 Å². The molecule has 0 amide bonds. The molecule has 45 heavy (non-hydrogen) atoms. The molecule has 0 unspecified atom stereocenters. The Morgan fingerprint density at radius 3 is 1.47 bits per heavy atom. The highest BCUT2D eigenvalue weighted by Gasteiger charge is 2.34. The van der Waals surface area contributed by atoms with E-state index in [1.54, 1.807) is 0 Å². The maximum atomic E-state index is 11.3. The van der Waals surface area contributed by atoms with Gasteiger partial charge in [-0.3, -0.25) is 0 Å². The SMILES string of the molecule is CC1(C)OC[C@H](CCCOc2c(C(C)(C)C)cc(SC(C)(C)Sc3cc(C(C)(C)C)c(O)c(C(C)(C)C)c3)cc2C(C)(C)C)O1. The lowest BCUT2D eigenvalue weighted by atomic mass is 9.79. The summed E-state index contributed by atoms with van der Waals surface area (Å²) in [4.78, 5) is 2.44. The Kier molecular flexibility index (Phi) is 11.2. The van der Waals surface area contributed by atoms with Crippen LogP contribution < -0.4 is 4.74 Å². The van der Waals surface area contributed by atoms with Gasteiger partial charge in [-0.2, -0.15) is 0 Å². The van der Waals surface area contributed by atoms with E-state index >= 15 is 0 Å². The topological polar surface area (TPSA) is 47.9 Å². The molecular weight excluding hydrogens is 597 g/mol. The summed E-state index contributed by atoms with van der Waals surface area (Å²) in [7, 11) is 0. The van der Waals surface area contributed by atoms with Gasteiger partial charge in [0.1, 0.15) is 11.5 Å². The van der Waals surface area contributed by atoms with Crippen LogP contribution >= 0.6 is 23.5 Å². The number of thioether (sulfide) groups is 2. The molecule has 3 rings (SSSR count). The monoisotopic (exact) mass is 658 g/mol. The normalized spacial score (nSPS) is 18.0. The van der Waals surface area contributed by atoms with E-state index in [0.717, 1.165) is 29.7 Å². The fourth-order valence-electron chi connectivity index (χ4n) is 5.72. The van der Waals surface area contributed by atoms with Gasteiger partial charge in [0, 0.05) is 32.0 Å². The number of rotatable bonds is 9. The fourth-order valence-corrected chi connectivity index (χ4v) is 8.31. The number of hydrogen-bond acceptors (Lipinski definition) is 6. The van der Waals surface area contributed by atoms with Crippen LogP contribution in [0.5, 0.6) is 11.5 Å². The quantitative estimate of drug-likeness (QED) is 0.164. The third kappa shape index (κ3) is 10.3. The Hall–Kier alpha value is -1.34. The smallest absolute Gasteiger partial charge is 0.163 e. The van der Waals surface area contributed by atoms with E-state index in [0.29, 0.717) is 19.0 Å². The van der Waals surface area contributed by atoms with Gasteiger partial charge in [0.25, 0.3) is 0 Å². The lowest BCUT2D eigenvalue weighted by Gasteiger charge is -2.32. The van der Waals surface area contributed by atoms with E-state index in [1.165, 1.54) is 20.9 Å². The van der Waals surface area contributed by atoms with E-state index in [-0.39, 0.29) is 31.8 Å². The molecule has 254 valence electrons. The first-order chi connectivity index (χ1) is 20.2. The highest BCUT2D eigenvalue weighted by molar-refractivity contribution is 8.18. The van der Waals surface area contributed by atoms with Gasteiger partial charge in [-0.25, -0.2) is 0 Å². The maximum Gasteiger partial charge on any atom is 0.163 e. The highest BCUT2D eigenvalue weighted by Crippen LogP contribution is 2.51. The minimum Gasteiger partial charge on any atom is -0.507 e. The number of aromatic hydroxyl groups is 1. The Labute approximate surface area is 284 Å². The van der Waals surface area contributed by atoms with E-state index in [4.69, 9.17) is 14.2 Å². The van der Waals surface area contributed by atoms with Crippen LogP contribution in [0.15, 0.2) is 34.1 Å². The Balaban J connectivity index is 1.94. The van der Waals surface area contributed by atoms with Crippen LogP contribution in [0.3, 0.4) is 0 Å². The summed E-state index contributed by atoms with van der Waals surface area (Å²) < 4.78 is 18.3. The molecule has 0 saturated carbocycles. The number of phenolic OH excluding ortho intramolecular Hbond substituents is 1. The second kappa shape index (κ2) is 13.3. The lowest BCUT2D eigenvalue weighted by Crippen LogP contribution is -2.22. The lowest BCUT2D eigenvalue weighted by molar-refractivity contribution is -0.139. The van der Waals surface area contributed by atoms with Crippen molar-refractivity contribution in [2.75, 3.05) is 13.2 Å². The van der Waals surface area contributed by atoms with Crippen LogP contribution in [0.2, 0.25) is 0 Å². The predicted octanol–water partition coefficient (Wildman–Crippen LogP) is 11.5. The van der Waals surface area contributed by atoms with E-state index in [2.05, 4.69) is 121 Å². The Morgan fingerprint density at radius 1 is 0.711 bits per heavy atom. The summed E-state index contributed by atoms with van der Waals surface area (Å²) in [6, 6.07) is 9.09. The number of phenols is 1. The molecule has 1 heterocycles. The van der Waals surface area contributed by atoms with Crippen molar-refractivity contribution in [1.29, 1.82) is 0 Å². The molecule has 0 spiro atoms. The molecule has 1 aliphatic heterocycles. The molecule has 1 N–H and O–H groups in total. The summed E-state index contributed by atoms with van der Waals surface area (Å²) in [5, 5.41) is 11.3. The molecule has 1 saturated heterocycles. The highest BCUT2D eigenvalue weighted by atomic mass is 32.2. The number of benzene rings is 2. The van der Waals surface area contributed by atoms with Gasteiger partial charge < -0.3 is 19.3 Å². The van der Waals surface area contributed by atoms with E-state index in [9.17, 15) is 5.11 Å². The van der Waals surface area contributed by atoms with Gasteiger partial charge in [-0.1, -0.05) is 83.1 Å². The molecule has 0 aromatic heterocycles. The van der Waals surface area contributed by atoms with Gasteiger partial charge in [-0.05, 0) is 86.5 Å². The summed E-state index contributed by atoms with van der Waals surface area (Å²) in [6.45, 7) is 36.6. The second-order valence-corrected chi connectivity index (χ2v) is 21.4. The van der Waals surface area contributed by atoms with E-state index in [1.807, 2.05) is 37.4 Å². The molecule has 1 atom stereocenters. The zero-order valence-corrected chi connectivity index (χ0v) is 32.8. The van der Waals surface area contributed by atoms with Crippen molar-refractivity contribution >= 4 is 23.5 Å². The minimum absolute atomic E-state index is 0.0875. The zero-order valence-electron chi connectivity index (χ0n) is 31.2. The van der Waals surface area contributed by atoms with Gasteiger partial charge in [0.15, 0.2) is 5.79 Å². The van der Waals surface area contributed by atoms with Crippen LogP contribution in [-0.2, 0) is 31.1 Å². The van der Waals surface area contributed by atoms with Crippen LogP contribution in [0, 0.1) is 0 Å². The molecule has 2 aromatic carbocycles. The zero-order chi connectivity index (χ0) is 34.4. The van der Waals surface area contributed by atoms with Crippen molar-refractivity contribution in [3.05, 3.63) is 46.5 Å². The molecule has 0 radical (unpaired) electrons. The van der Waals surface area contributed by atoms with Gasteiger partial charge >= 0.3 is 0 Å². The first-order valence-corrected chi connectivity index (χ1v) is 18.2. The summed E-state index contributed by atoms with van der Waals surface area (Å²) in [6.07, 6.45) is 1.96. The number of ether oxygens (including phenoxy) is 3. The largest absolute Gasteiger partial charge is 0.507 e. The minimum atomic E-state index is -0.490. The van der Waals surface area contributed by atoms with Crippen LogP contribution in [0.25, 0.3) is 0 Å². The third-order valence-corrected chi connectivity index (χ3v) is 10.5. The molecule has 1 fully saturated rings. The third-order valence-electron chi connectivity index (χ3n) is 8.09. The molecule has 2 aromatic rings. The average Bonchev–Trinajstić information content (AvgIpc) is 3.18. The first kappa shape index (κ1) is 38.1. The number of hydrogen-bond donors (Lipinski definition) is 1. The summed E-state index contributed by atoms with van der Waals surface area (Å²) >= 11 is 3.77. The van der Waals surface area contributed by atoms with Gasteiger partial charge in [0.05, 0.1) is 23.4 Å². The van der Waals surface area contributed by atoms with E-state index < -0.39 is 5.79 Å². The standard InChI is InChI=1S/C39H62O4S2/c1-34(2,3)28-20-26(21-29(32(28)40)35(4,5)6)44-39(15,16)45-27-22-30(36(7,8)9)33(31(23-27)37(10,11)12)41-19-17-18-25-24-42-38(13,14)43-25/h20-23,25,40H,17-19,24H2,1-16H3/t25-/m0/s1. The Bertz CT molecular complexity index is 1260. The molecule has 1 aliphatic rings. The predicted molar refractivity (Wildman–Crippen MR) is 195 cm³/mol. The maximum absolute atomic E-state index is 11.3.